The smallest absolute Gasteiger partial charge is 0.349 e. The van der Waals surface area contributed by atoms with Crippen molar-refractivity contribution in [3.8, 4) is 5.75 Å². The Balaban J connectivity index is 1.39. The third kappa shape index (κ3) is 4.90. The molecule has 5 rings (SSSR count). The van der Waals surface area contributed by atoms with Crippen LogP contribution < -0.4 is 4.74 Å². The molecule has 0 spiro atoms. The number of hydrogen-bond donors (Lipinski definition) is 0. The molecule has 0 bridgehead atoms. The SMILES string of the molecule is C=C(I)C(=O)OCc1ccc(/C=C(\I)C(=O)Oc2cc3cccc4ccc5cccc2c5c43)cc1. The summed E-state index contributed by atoms with van der Waals surface area (Å²) in [5.41, 5.74) is 1.69. The lowest BCUT2D eigenvalue weighted by molar-refractivity contribution is -0.139. The Morgan fingerprint density at radius 1 is 0.800 bits per heavy atom. The Bertz CT molecular complexity index is 1630. The molecule has 4 nitrogen and oxygen atoms in total. The van der Waals surface area contributed by atoms with E-state index in [4.69, 9.17) is 9.47 Å². The van der Waals surface area contributed by atoms with Crippen LogP contribution in [0.3, 0.4) is 0 Å². The topological polar surface area (TPSA) is 52.6 Å². The van der Waals surface area contributed by atoms with E-state index in [0.29, 0.717) is 12.9 Å². The highest BCUT2D eigenvalue weighted by atomic mass is 127. The lowest BCUT2D eigenvalue weighted by Crippen LogP contribution is -2.08. The minimum absolute atomic E-state index is 0.165. The Morgan fingerprint density at radius 2 is 1.46 bits per heavy atom. The molecule has 0 saturated heterocycles. The summed E-state index contributed by atoms with van der Waals surface area (Å²) in [6, 6.07) is 25.8. The van der Waals surface area contributed by atoms with E-state index in [1.54, 1.807) is 6.08 Å². The van der Waals surface area contributed by atoms with E-state index >= 15 is 0 Å². The zero-order valence-corrected chi connectivity index (χ0v) is 22.7. The van der Waals surface area contributed by atoms with Gasteiger partial charge in [0.15, 0.2) is 0 Å². The highest BCUT2D eigenvalue weighted by Crippen LogP contribution is 2.39. The maximum absolute atomic E-state index is 13.0. The van der Waals surface area contributed by atoms with Gasteiger partial charge in [-0.1, -0.05) is 79.4 Å². The van der Waals surface area contributed by atoms with E-state index in [-0.39, 0.29) is 6.61 Å². The van der Waals surface area contributed by atoms with E-state index in [0.717, 1.165) is 38.1 Å². The molecule has 0 unspecified atom stereocenters. The monoisotopic (exact) mass is 684 g/mol. The molecule has 0 aliphatic rings. The van der Waals surface area contributed by atoms with Gasteiger partial charge in [0.2, 0.25) is 0 Å². The van der Waals surface area contributed by atoms with Crippen molar-refractivity contribution in [3.63, 3.8) is 0 Å². The first-order chi connectivity index (χ1) is 16.9. The highest BCUT2D eigenvalue weighted by Gasteiger charge is 2.16. The number of halogens is 2. The second-order valence-corrected chi connectivity index (χ2v) is 10.5. The van der Waals surface area contributed by atoms with E-state index in [2.05, 4.69) is 30.8 Å². The maximum atomic E-state index is 13.0. The van der Waals surface area contributed by atoms with Crippen LogP contribution in [0, 0.1) is 0 Å². The first kappa shape index (κ1) is 23.7. The molecule has 0 radical (unpaired) electrons. The van der Waals surface area contributed by atoms with Crippen LogP contribution in [0.1, 0.15) is 11.1 Å². The molecule has 5 aromatic rings. The summed E-state index contributed by atoms with van der Waals surface area (Å²) in [4.78, 5) is 24.5. The van der Waals surface area contributed by atoms with Gasteiger partial charge in [-0.3, -0.25) is 0 Å². The minimum Gasteiger partial charge on any atom is -0.457 e. The van der Waals surface area contributed by atoms with Crippen molar-refractivity contribution in [1.29, 1.82) is 0 Å². The molecule has 0 atom stereocenters. The van der Waals surface area contributed by atoms with Gasteiger partial charge in [0.25, 0.3) is 0 Å². The zero-order valence-electron chi connectivity index (χ0n) is 18.4. The molecule has 172 valence electrons. The number of carbonyl (C=O) groups excluding carboxylic acids is 2. The number of esters is 2. The first-order valence-electron chi connectivity index (χ1n) is 10.8. The molecule has 0 N–H and O–H groups in total. The number of carbonyl (C=O) groups is 2. The summed E-state index contributed by atoms with van der Waals surface area (Å²) in [6.07, 6.45) is 1.77. The molecule has 5 aromatic carbocycles. The van der Waals surface area contributed by atoms with Crippen molar-refractivity contribution in [1.82, 2.24) is 0 Å². The van der Waals surface area contributed by atoms with Crippen LogP contribution in [0.25, 0.3) is 38.4 Å². The number of hydrogen-bond acceptors (Lipinski definition) is 4. The van der Waals surface area contributed by atoms with E-state index in [1.807, 2.05) is 99.8 Å². The van der Waals surface area contributed by atoms with Crippen LogP contribution in [-0.4, -0.2) is 11.9 Å². The van der Waals surface area contributed by atoms with Crippen LogP contribution >= 0.6 is 45.2 Å². The van der Waals surface area contributed by atoms with Gasteiger partial charge in [-0.05, 0) is 90.0 Å². The average molecular weight is 684 g/mol. The summed E-state index contributed by atoms with van der Waals surface area (Å²) in [7, 11) is 0. The Labute approximate surface area is 229 Å². The van der Waals surface area contributed by atoms with Crippen LogP contribution in [-0.2, 0) is 20.9 Å². The van der Waals surface area contributed by atoms with E-state index < -0.39 is 11.9 Å². The summed E-state index contributed by atoms with van der Waals surface area (Å²) in [6.45, 7) is 3.72. The van der Waals surface area contributed by atoms with Gasteiger partial charge in [-0.25, -0.2) is 9.59 Å². The Morgan fingerprint density at radius 3 is 2.17 bits per heavy atom. The fourth-order valence-electron chi connectivity index (χ4n) is 4.10. The summed E-state index contributed by atoms with van der Waals surface area (Å²) in [5.74, 6) is -0.305. The molecule has 0 saturated carbocycles. The molecule has 35 heavy (non-hydrogen) atoms. The van der Waals surface area contributed by atoms with Gasteiger partial charge in [0.05, 0.1) is 7.16 Å². The van der Waals surface area contributed by atoms with Gasteiger partial charge in [0, 0.05) is 10.8 Å². The number of rotatable bonds is 6. The molecular weight excluding hydrogens is 666 g/mol. The predicted molar refractivity (Wildman–Crippen MR) is 157 cm³/mol. The van der Waals surface area contributed by atoms with Gasteiger partial charge < -0.3 is 9.47 Å². The summed E-state index contributed by atoms with van der Waals surface area (Å²) < 4.78 is 11.8. The fourth-order valence-corrected chi connectivity index (χ4v) is 4.73. The molecule has 0 aliphatic heterocycles. The molecule has 0 amide bonds. The number of benzene rings is 5. The normalized spacial score (nSPS) is 11.8. The van der Waals surface area contributed by atoms with Crippen LogP contribution in [0.4, 0.5) is 0 Å². The predicted octanol–water partition coefficient (Wildman–Crippen LogP) is 7.96. The van der Waals surface area contributed by atoms with E-state index in [9.17, 15) is 9.59 Å². The third-order valence-corrected chi connectivity index (χ3v) is 6.92. The van der Waals surface area contributed by atoms with Gasteiger partial charge in [0.1, 0.15) is 12.4 Å². The molecule has 0 fully saturated rings. The standard InChI is InChI=1S/C29H18I2O4/c1-17(30)28(32)34-16-19-10-8-18(9-11-19)14-24(31)29(33)35-25-15-22-6-2-4-20-12-13-21-5-3-7-23(25)27(21)26(20)22/h2-15H,1,16H2/b24-14-. The average Bonchev–Trinajstić information content (AvgIpc) is 2.87. The van der Waals surface area contributed by atoms with Crippen LogP contribution in [0.15, 0.2) is 92.6 Å². The van der Waals surface area contributed by atoms with Gasteiger partial charge in [-0.15, -0.1) is 0 Å². The molecule has 6 heteroatoms. The van der Waals surface area contributed by atoms with Crippen molar-refractivity contribution in [2.45, 2.75) is 6.61 Å². The van der Waals surface area contributed by atoms with Gasteiger partial charge in [-0.2, -0.15) is 0 Å². The van der Waals surface area contributed by atoms with Crippen molar-refractivity contribution >= 4 is 95.5 Å². The van der Waals surface area contributed by atoms with E-state index in [1.165, 1.54) is 5.39 Å². The second-order valence-electron chi connectivity index (χ2n) is 8.03. The minimum atomic E-state index is -0.432. The summed E-state index contributed by atoms with van der Waals surface area (Å²) >= 11 is 3.83. The molecule has 0 aliphatic carbocycles. The van der Waals surface area contributed by atoms with Crippen molar-refractivity contribution in [2.24, 2.45) is 0 Å². The van der Waals surface area contributed by atoms with Crippen molar-refractivity contribution < 1.29 is 19.1 Å². The van der Waals surface area contributed by atoms with Crippen LogP contribution in [0.5, 0.6) is 5.75 Å². The van der Waals surface area contributed by atoms with Crippen molar-refractivity contribution in [3.05, 3.63) is 104 Å². The third-order valence-electron chi connectivity index (χ3n) is 5.73. The molecular formula is C29H18I2O4. The lowest BCUT2D eigenvalue weighted by Gasteiger charge is -2.14. The largest absolute Gasteiger partial charge is 0.457 e. The second kappa shape index (κ2) is 9.94. The Kier molecular flexibility index (Phi) is 6.75. The van der Waals surface area contributed by atoms with Crippen LogP contribution in [0.2, 0.25) is 0 Å². The molecule has 0 aromatic heterocycles. The highest BCUT2D eigenvalue weighted by molar-refractivity contribution is 14.1. The quantitative estimate of drug-likeness (QED) is 0.0599. The maximum Gasteiger partial charge on any atom is 0.349 e. The lowest BCUT2D eigenvalue weighted by atomic mass is 9.94. The zero-order chi connectivity index (χ0) is 24.5. The van der Waals surface area contributed by atoms with Gasteiger partial charge >= 0.3 is 11.9 Å². The summed E-state index contributed by atoms with van der Waals surface area (Å²) in [5, 5.41) is 6.51. The Hall–Kier alpha value is -2.98. The number of ether oxygens (including phenoxy) is 2. The van der Waals surface area contributed by atoms with Crippen molar-refractivity contribution in [2.75, 3.05) is 0 Å². The molecule has 0 heterocycles. The fraction of sp³-hybridized carbons (Fsp3) is 0.0345. The first-order valence-corrected chi connectivity index (χ1v) is 12.9.